The smallest absolute Gasteiger partial charge is 0.138 e. The molecule has 2 aromatic carbocycles. The molecular formula is C18H18O3. The Morgan fingerprint density at radius 1 is 1.10 bits per heavy atom. The van der Waals surface area contributed by atoms with E-state index in [9.17, 15) is 0 Å². The Bertz CT molecular complexity index is 716. The molecule has 108 valence electrons. The van der Waals surface area contributed by atoms with Gasteiger partial charge in [0.2, 0.25) is 0 Å². The van der Waals surface area contributed by atoms with Crippen LogP contribution in [-0.2, 0) is 0 Å². The second-order valence-electron chi connectivity index (χ2n) is 5.28. The number of benzene rings is 2. The van der Waals surface area contributed by atoms with Crippen molar-refractivity contribution in [3.63, 3.8) is 0 Å². The van der Waals surface area contributed by atoms with Gasteiger partial charge in [-0.15, -0.1) is 0 Å². The van der Waals surface area contributed by atoms with Crippen molar-refractivity contribution in [2.75, 3.05) is 13.2 Å². The van der Waals surface area contributed by atoms with E-state index in [-0.39, 0.29) is 12.5 Å². The van der Waals surface area contributed by atoms with Crippen LogP contribution < -0.4 is 4.74 Å². The van der Waals surface area contributed by atoms with E-state index in [4.69, 9.17) is 14.3 Å². The maximum absolute atomic E-state index is 9.02. The fourth-order valence-electron chi connectivity index (χ4n) is 2.14. The average Bonchev–Trinajstić information content (AvgIpc) is 2.96. The van der Waals surface area contributed by atoms with Gasteiger partial charge in [-0.25, -0.2) is 0 Å². The topological polar surface area (TPSA) is 42.6 Å². The van der Waals surface area contributed by atoms with E-state index >= 15 is 0 Å². The van der Waals surface area contributed by atoms with Crippen LogP contribution in [0.15, 0.2) is 59.0 Å². The monoisotopic (exact) mass is 282 g/mol. The average molecular weight is 282 g/mol. The first-order valence-electron chi connectivity index (χ1n) is 7.09. The summed E-state index contributed by atoms with van der Waals surface area (Å²) in [6.07, 6.45) is 0. The van der Waals surface area contributed by atoms with E-state index in [1.54, 1.807) is 0 Å². The molecule has 1 aromatic heterocycles. The summed E-state index contributed by atoms with van der Waals surface area (Å²) in [6.45, 7) is 2.56. The molecule has 21 heavy (non-hydrogen) atoms. The first-order chi connectivity index (χ1) is 10.3. The molecule has 0 bridgehead atoms. The van der Waals surface area contributed by atoms with E-state index in [1.807, 2.05) is 61.5 Å². The molecule has 0 aliphatic heterocycles. The van der Waals surface area contributed by atoms with Crippen LogP contribution in [0, 0.1) is 5.92 Å². The van der Waals surface area contributed by atoms with E-state index in [1.165, 1.54) is 0 Å². The maximum atomic E-state index is 9.02. The molecule has 3 aromatic rings. The van der Waals surface area contributed by atoms with Gasteiger partial charge < -0.3 is 14.3 Å². The Morgan fingerprint density at radius 3 is 2.67 bits per heavy atom. The number of hydrogen-bond acceptors (Lipinski definition) is 3. The van der Waals surface area contributed by atoms with E-state index in [0.717, 1.165) is 28.0 Å². The van der Waals surface area contributed by atoms with Gasteiger partial charge in [0, 0.05) is 29.5 Å². The molecule has 1 unspecified atom stereocenters. The molecule has 3 rings (SSSR count). The van der Waals surface area contributed by atoms with Crippen LogP contribution in [-0.4, -0.2) is 18.3 Å². The van der Waals surface area contributed by atoms with Gasteiger partial charge in [-0.05, 0) is 18.2 Å². The van der Waals surface area contributed by atoms with Crippen LogP contribution in [0.2, 0.25) is 0 Å². The van der Waals surface area contributed by atoms with Crippen molar-refractivity contribution in [1.29, 1.82) is 0 Å². The molecule has 0 saturated carbocycles. The zero-order chi connectivity index (χ0) is 14.7. The first kappa shape index (κ1) is 13.7. The first-order valence-corrected chi connectivity index (χ1v) is 7.09. The molecule has 3 nitrogen and oxygen atoms in total. The van der Waals surface area contributed by atoms with Crippen LogP contribution in [0.1, 0.15) is 6.92 Å². The molecule has 0 aliphatic carbocycles. The number of aliphatic hydroxyl groups excluding tert-OH is 1. The fraction of sp³-hybridized carbons (Fsp3) is 0.222. The zero-order valence-corrected chi connectivity index (χ0v) is 12.0. The lowest BCUT2D eigenvalue weighted by Gasteiger charge is -2.09. The normalized spacial score (nSPS) is 12.5. The number of hydrogen-bond donors (Lipinski definition) is 1. The summed E-state index contributed by atoms with van der Waals surface area (Å²) in [6, 6.07) is 17.9. The van der Waals surface area contributed by atoms with Crippen LogP contribution in [0.5, 0.6) is 5.75 Å². The minimum atomic E-state index is 0.122. The van der Waals surface area contributed by atoms with Gasteiger partial charge in [-0.3, -0.25) is 0 Å². The molecule has 0 aliphatic rings. The van der Waals surface area contributed by atoms with Crippen molar-refractivity contribution in [3.05, 3.63) is 54.6 Å². The molecule has 0 fully saturated rings. The van der Waals surface area contributed by atoms with Crippen molar-refractivity contribution in [2.24, 2.45) is 5.92 Å². The van der Waals surface area contributed by atoms with Crippen molar-refractivity contribution in [3.8, 4) is 17.1 Å². The Morgan fingerprint density at radius 2 is 1.90 bits per heavy atom. The fourth-order valence-corrected chi connectivity index (χ4v) is 2.14. The summed E-state index contributed by atoms with van der Waals surface area (Å²) in [5.74, 6) is 1.74. The standard InChI is InChI=1S/C18H18O3/c1-13(11-19)12-20-16-8-7-15-9-17(21-18(15)10-16)14-5-3-2-4-6-14/h2-10,13,19H,11-12H2,1H3. The Balaban J connectivity index is 1.85. The van der Waals surface area contributed by atoms with Gasteiger partial charge in [0.25, 0.3) is 0 Å². The highest BCUT2D eigenvalue weighted by Crippen LogP contribution is 2.30. The third-order valence-electron chi connectivity index (χ3n) is 3.40. The van der Waals surface area contributed by atoms with Crippen molar-refractivity contribution in [2.45, 2.75) is 6.92 Å². The molecule has 0 saturated heterocycles. The van der Waals surface area contributed by atoms with Gasteiger partial charge in [0.15, 0.2) is 0 Å². The van der Waals surface area contributed by atoms with E-state index < -0.39 is 0 Å². The van der Waals surface area contributed by atoms with Gasteiger partial charge in [0.05, 0.1) is 6.61 Å². The van der Waals surface area contributed by atoms with E-state index in [0.29, 0.717) is 6.61 Å². The molecular weight excluding hydrogens is 264 g/mol. The summed E-state index contributed by atoms with van der Waals surface area (Å²) in [5.41, 5.74) is 1.87. The molecule has 0 spiro atoms. The minimum absolute atomic E-state index is 0.122. The van der Waals surface area contributed by atoms with Gasteiger partial charge >= 0.3 is 0 Å². The van der Waals surface area contributed by atoms with Crippen molar-refractivity contribution in [1.82, 2.24) is 0 Å². The van der Waals surface area contributed by atoms with Crippen LogP contribution in [0.25, 0.3) is 22.3 Å². The second kappa shape index (κ2) is 6.02. The molecule has 0 amide bonds. The lowest BCUT2D eigenvalue weighted by Crippen LogP contribution is -2.11. The van der Waals surface area contributed by atoms with Gasteiger partial charge in [-0.2, -0.15) is 0 Å². The summed E-state index contributed by atoms with van der Waals surface area (Å²) < 4.78 is 11.6. The van der Waals surface area contributed by atoms with Gasteiger partial charge in [0.1, 0.15) is 17.1 Å². The zero-order valence-electron chi connectivity index (χ0n) is 12.0. The number of furan rings is 1. The SMILES string of the molecule is CC(CO)COc1ccc2cc(-c3ccccc3)oc2c1. The quantitative estimate of drug-likeness (QED) is 0.766. The third kappa shape index (κ3) is 3.09. The second-order valence-corrected chi connectivity index (χ2v) is 5.28. The third-order valence-corrected chi connectivity index (χ3v) is 3.40. The summed E-state index contributed by atoms with van der Waals surface area (Å²) in [7, 11) is 0. The molecule has 3 heteroatoms. The molecule has 1 heterocycles. The molecule has 1 N–H and O–H groups in total. The highest BCUT2D eigenvalue weighted by molar-refractivity contribution is 5.83. The predicted molar refractivity (Wildman–Crippen MR) is 83.4 cm³/mol. The number of aliphatic hydroxyl groups is 1. The number of fused-ring (bicyclic) bond motifs is 1. The summed E-state index contributed by atoms with van der Waals surface area (Å²) in [5, 5.41) is 10.1. The highest BCUT2D eigenvalue weighted by Gasteiger charge is 2.08. The van der Waals surface area contributed by atoms with Crippen LogP contribution in [0.4, 0.5) is 0 Å². The van der Waals surface area contributed by atoms with Crippen LogP contribution >= 0.6 is 0 Å². The maximum Gasteiger partial charge on any atom is 0.138 e. The lowest BCUT2D eigenvalue weighted by atomic mass is 10.1. The largest absolute Gasteiger partial charge is 0.493 e. The highest BCUT2D eigenvalue weighted by atomic mass is 16.5. The number of ether oxygens (including phenoxy) is 1. The number of rotatable bonds is 5. The lowest BCUT2D eigenvalue weighted by molar-refractivity contribution is 0.174. The van der Waals surface area contributed by atoms with Crippen molar-refractivity contribution < 1.29 is 14.3 Å². The summed E-state index contributed by atoms with van der Waals surface area (Å²) in [4.78, 5) is 0. The van der Waals surface area contributed by atoms with E-state index in [2.05, 4.69) is 0 Å². The molecule has 1 atom stereocenters. The van der Waals surface area contributed by atoms with Crippen LogP contribution in [0.3, 0.4) is 0 Å². The molecule has 0 radical (unpaired) electrons. The Hall–Kier alpha value is -2.26. The predicted octanol–water partition coefficient (Wildman–Crippen LogP) is 4.11. The minimum Gasteiger partial charge on any atom is -0.493 e. The Kier molecular flexibility index (Phi) is 3.93. The Labute approximate surface area is 123 Å². The van der Waals surface area contributed by atoms with Crippen molar-refractivity contribution >= 4 is 11.0 Å². The summed E-state index contributed by atoms with van der Waals surface area (Å²) >= 11 is 0. The van der Waals surface area contributed by atoms with Gasteiger partial charge in [-0.1, -0.05) is 37.3 Å².